The molecule has 174 valence electrons. The highest BCUT2D eigenvalue weighted by atomic mass is 32.2. The van der Waals surface area contributed by atoms with Gasteiger partial charge in [-0.25, -0.2) is 18.0 Å². The number of carbonyl (C=O) groups excluding carboxylic acids is 2. The van der Waals surface area contributed by atoms with E-state index in [1.165, 1.54) is 0 Å². The fraction of sp³-hybridized carbons (Fsp3) is 0.571. The minimum absolute atomic E-state index is 0.710. The molecule has 0 aromatic carbocycles. The molecule has 0 heterocycles. The van der Waals surface area contributed by atoms with Crippen molar-refractivity contribution in [3.8, 4) is 0 Å². The molecule has 0 N–H and O–H groups in total. The van der Waals surface area contributed by atoms with Crippen LogP contribution in [0.5, 0.6) is 0 Å². The summed E-state index contributed by atoms with van der Waals surface area (Å²) < 4.78 is 136. The van der Waals surface area contributed by atoms with Crippen LogP contribution < -0.4 is 0 Å². The normalized spacial score (nSPS) is 15.1. The van der Waals surface area contributed by atoms with Gasteiger partial charge in [-0.3, -0.25) is 0 Å². The Bertz CT molecular complexity index is 791. The van der Waals surface area contributed by atoms with Gasteiger partial charge in [-0.15, -0.1) is 0 Å². The van der Waals surface area contributed by atoms with E-state index < -0.39 is 70.4 Å². The number of esters is 2. The summed E-state index contributed by atoms with van der Waals surface area (Å²) >= 11 is 0. The Hall–Kier alpha value is -2.20. The molecule has 0 aromatic rings. The van der Waals surface area contributed by atoms with Gasteiger partial charge in [0, 0.05) is 12.0 Å². The van der Waals surface area contributed by atoms with Crippen LogP contribution >= 0.6 is 0 Å². The highest BCUT2D eigenvalue weighted by Gasteiger charge is 2.68. The topological polar surface area (TPSA) is 119 Å². The quantitative estimate of drug-likeness (QED) is 0.112. The van der Waals surface area contributed by atoms with E-state index in [1.54, 1.807) is 0 Å². The molecule has 0 fully saturated rings. The van der Waals surface area contributed by atoms with Crippen molar-refractivity contribution >= 4 is 22.1 Å². The highest BCUT2D eigenvalue weighted by molar-refractivity contribution is 7.86. The van der Waals surface area contributed by atoms with Crippen LogP contribution in [0.15, 0.2) is 24.8 Å². The smallest absolute Gasteiger partial charge is 0.468 e. The molecule has 30 heavy (non-hydrogen) atoms. The molecule has 1 atom stereocenters. The van der Waals surface area contributed by atoms with Crippen molar-refractivity contribution in [1.82, 2.24) is 0 Å². The van der Waals surface area contributed by atoms with Gasteiger partial charge in [0.05, 0.1) is 6.61 Å². The minimum atomic E-state index is -6.92. The lowest BCUT2D eigenvalue weighted by Crippen LogP contribution is -2.59. The van der Waals surface area contributed by atoms with E-state index >= 15 is 0 Å². The number of ether oxygens (including phenoxy) is 3. The van der Waals surface area contributed by atoms with Crippen LogP contribution in [0.1, 0.15) is 13.3 Å². The average molecular weight is 475 g/mol. The molecule has 0 saturated carbocycles. The lowest BCUT2D eigenvalue weighted by Gasteiger charge is -2.33. The van der Waals surface area contributed by atoms with Gasteiger partial charge >= 0.3 is 35.1 Å². The second kappa shape index (κ2) is 9.30. The van der Waals surface area contributed by atoms with E-state index in [4.69, 9.17) is 0 Å². The van der Waals surface area contributed by atoms with Gasteiger partial charge in [-0.2, -0.15) is 30.7 Å². The Balaban J connectivity index is 5.99. The molecule has 0 aliphatic carbocycles. The van der Waals surface area contributed by atoms with E-state index in [9.17, 15) is 53.3 Å². The molecule has 0 saturated heterocycles. The zero-order valence-electron chi connectivity index (χ0n) is 14.9. The van der Waals surface area contributed by atoms with Crippen molar-refractivity contribution in [2.45, 2.75) is 36.5 Å². The molecule has 0 aliphatic rings. The largest absolute Gasteiger partial charge is 0.743 e. The average Bonchev–Trinajstić information content (AvgIpc) is 2.55. The van der Waals surface area contributed by atoms with E-state index in [1.807, 2.05) is 0 Å². The second-order valence-corrected chi connectivity index (χ2v) is 6.87. The number of hydrogen-bond donors (Lipinski definition) is 0. The van der Waals surface area contributed by atoms with Crippen LogP contribution in [0.2, 0.25) is 0 Å². The van der Waals surface area contributed by atoms with E-state index in [2.05, 4.69) is 27.4 Å². The van der Waals surface area contributed by atoms with E-state index in [0.717, 1.165) is 13.0 Å². The third kappa shape index (κ3) is 5.91. The highest BCUT2D eigenvalue weighted by Crippen LogP contribution is 2.42. The summed E-state index contributed by atoms with van der Waals surface area (Å²) in [4.78, 5) is 23.4. The monoisotopic (exact) mass is 475 g/mol. The van der Waals surface area contributed by atoms with Gasteiger partial charge in [0.1, 0.15) is 6.61 Å². The Morgan fingerprint density at radius 1 is 1.10 bits per heavy atom. The van der Waals surface area contributed by atoms with Crippen LogP contribution in [-0.4, -0.2) is 61.3 Å². The summed E-state index contributed by atoms with van der Waals surface area (Å²) in [5, 5.41) is -6.22. The Morgan fingerprint density at radius 2 is 1.60 bits per heavy atom. The SMILES string of the molecule is C=CCOC(=O)C(OCCC(F)(F)C(F)(F)S(=O)(=O)[O-])(OC(=O)C(=C)C)C(F)(F)F. The van der Waals surface area contributed by atoms with Gasteiger partial charge in [-0.1, -0.05) is 19.2 Å². The fourth-order valence-electron chi connectivity index (χ4n) is 1.48. The van der Waals surface area contributed by atoms with E-state index in [-0.39, 0.29) is 0 Å². The molecule has 0 radical (unpaired) electrons. The molecule has 0 amide bonds. The van der Waals surface area contributed by atoms with Crippen LogP contribution in [-0.2, 0) is 33.9 Å². The zero-order valence-corrected chi connectivity index (χ0v) is 15.7. The molecule has 0 aromatic heterocycles. The van der Waals surface area contributed by atoms with Crippen molar-refractivity contribution in [3.63, 3.8) is 0 Å². The molecule has 0 rings (SSSR count). The molecule has 0 bridgehead atoms. The lowest BCUT2D eigenvalue weighted by molar-refractivity contribution is -0.356. The first kappa shape index (κ1) is 27.8. The first-order chi connectivity index (χ1) is 13.3. The molecule has 0 aliphatic heterocycles. The molecule has 8 nitrogen and oxygen atoms in total. The molecule has 0 spiro atoms. The Morgan fingerprint density at radius 3 is 1.97 bits per heavy atom. The Kier molecular flexibility index (Phi) is 8.62. The standard InChI is InChI=1S/C14H15F7O8S/c1-4-6-27-10(23)12(13(17,18)19,29-9(22)8(2)3)28-7-5-11(15,16)14(20,21)30(24,25)26/h4H,1-2,5-7H2,3H3,(H,24,25,26)/p-1. The second-order valence-electron chi connectivity index (χ2n) is 5.45. The minimum Gasteiger partial charge on any atom is -0.743 e. The van der Waals surface area contributed by atoms with Gasteiger partial charge in [0.25, 0.3) is 0 Å². The van der Waals surface area contributed by atoms with Crippen LogP contribution in [0.25, 0.3) is 0 Å². The summed E-state index contributed by atoms with van der Waals surface area (Å²) in [7, 11) is -6.92. The summed E-state index contributed by atoms with van der Waals surface area (Å²) in [5.41, 5.74) is -0.710. The first-order valence-electron chi connectivity index (χ1n) is 7.35. The Labute approximate surface area is 165 Å². The van der Waals surface area contributed by atoms with Crippen molar-refractivity contribution < 1.29 is 67.5 Å². The van der Waals surface area contributed by atoms with Crippen molar-refractivity contribution in [3.05, 3.63) is 24.8 Å². The predicted molar refractivity (Wildman–Crippen MR) is 81.0 cm³/mol. The van der Waals surface area contributed by atoms with Crippen molar-refractivity contribution in [2.75, 3.05) is 13.2 Å². The van der Waals surface area contributed by atoms with Crippen molar-refractivity contribution in [2.24, 2.45) is 0 Å². The summed E-state index contributed by atoms with van der Waals surface area (Å²) in [6.07, 6.45) is -7.72. The summed E-state index contributed by atoms with van der Waals surface area (Å²) in [6.45, 7) is 3.77. The maximum Gasteiger partial charge on any atom is 0.468 e. The maximum absolute atomic E-state index is 13.5. The third-order valence-corrected chi connectivity index (χ3v) is 3.95. The van der Waals surface area contributed by atoms with Gasteiger partial charge in [-0.05, 0) is 6.92 Å². The number of carbonyl (C=O) groups is 2. The fourth-order valence-corrected chi connectivity index (χ4v) is 1.95. The molecular formula is C14H14F7O8S-. The molecular weight excluding hydrogens is 461 g/mol. The number of alkyl halides is 7. The third-order valence-electron chi connectivity index (χ3n) is 3.02. The zero-order chi connectivity index (χ0) is 24.2. The summed E-state index contributed by atoms with van der Waals surface area (Å²) in [6, 6.07) is 0. The first-order valence-corrected chi connectivity index (χ1v) is 8.76. The molecule has 1 unspecified atom stereocenters. The van der Waals surface area contributed by atoms with Crippen LogP contribution in [0.4, 0.5) is 30.7 Å². The maximum atomic E-state index is 13.5. The van der Waals surface area contributed by atoms with E-state index in [0.29, 0.717) is 0 Å². The van der Waals surface area contributed by atoms with Gasteiger partial charge < -0.3 is 18.8 Å². The van der Waals surface area contributed by atoms with Crippen LogP contribution in [0, 0.1) is 0 Å². The summed E-state index contributed by atoms with van der Waals surface area (Å²) in [5.74, 6) is -14.8. The lowest BCUT2D eigenvalue weighted by atomic mass is 10.2. The van der Waals surface area contributed by atoms with Crippen molar-refractivity contribution in [1.29, 1.82) is 0 Å². The molecule has 16 heteroatoms. The predicted octanol–water partition coefficient (Wildman–Crippen LogP) is 2.27. The van der Waals surface area contributed by atoms with Crippen LogP contribution in [0.3, 0.4) is 0 Å². The van der Waals surface area contributed by atoms with Gasteiger partial charge in [0.2, 0.25) is 0 Å². The number of halogens is 7. The van der Waals surface area contributed by atoms with Gasteiger partial charge in [0.15, 0.2) is 10.1 Å². The number of rotatable bonds is 11. The number of hydrogen-bond acceptors (Lipinski definition) is 8.